The van der Waals surface area contributed by atoms with Gasteiger partial charge < -0.3 is 50.5 Å². The maximum atomic E-state index is 12.0. The van der Waals surface area contributed by atoms with Gasteiger partial charge in [-0.3, -0.25) is 4.98 Å². The molecule has 14 rings (SSSR count). The van der Waals surface area contributed by atoms with Crippen LogP contribution in [-0.4, -0.2) is 178 Å². The summed E-state index contributed by atoms with van der Waals surface area (Å²) in [5.74, 6) is 5.42. The molecule has 5 saturated carbocycles. The number of nitrogens with zero attached hydrogens (tertiary/aromatic N) is 12. The summed E-state index contributed by atoms with van der Waals surface area (Å²) in [4.78, 5) is 23.3. The van der Waals surface area contributed by atoms with E-state index in [-0.39, 0.29) is 35.2 Å². The highest BCUT2D eigenvalue weighted by Gasteiger charge is 2.35. The van der Waals surface area contributed by atoms with Gasteiger partial charge in [0.25, 0.3) is 0 Å². The van der Waals surface area contributed by atoms with Crippen LogP contribution in [0.4, 0.5) is 17.8 Å². The fraction of sp³-hybridized carbons (Fsp3) is 0.679. The Hall–Kier alpha value is -6.76. The molecule has 0 spiro atoms. The maximum Gasteiger partial charge on any atom is 0.241 e. The molecule has 6 N–H and O–H groups in total. The van der Waals surface area contributed by atoms with Gasteiger partial charge in [-0.25, -0.2) is 36.9 Å². The van der Waals surface area contributed by atoms with E-state index in [0.29, 0.717) is 59.1 Å². The van der Waals surface area contributed by atoms with Gasteiger partial charge in [-0.1, -0.05) is 72.5 Å². The van der Waals surface area contributed by atoms with E-state index in [1.54, 1.807) is 18.5 Å². The van der Waals surface area contributed by atoms with Crippen LogP contribution >= 0.6 is 0 Å². The predicted octanol–water partition coefficient (Wildman–Crippen LogP) is 15.9. The van der Waals surface area contributed by atoms with Crippen LogP contribution in [0.3, 0.4) is 0 Å². The van der Waals surface area contributed by atoms with E-state index in [1.807, 2.05) is 4.52 Å². The Bertz CT molecular complexity index is 3940. The van der Waals surface area contributed by atoms with Crippen molar-refractivity contribution < 1.29 is 33.2 Å². The average Bonchev–Trinajstić information content (AvgIpc) is 1.63. The van der Waals surface area contributed by atoms with Crippen molar-refractivity contribution in [2.75, 3.05) is 74.8 Å². The molecule has 0 amide bonds. The standard InChI is InChI=1S/2C31H49N5O2.C22H29N5O3S/c2*1-4-5-6-7-22(2)33-31-32-21-30-28(20-29(36(30)34-31)26-12-14-27(37)15-13-26)25-10-8-24(9-11-25)23(3)35-16-18-38-19-17-35;1-4-14(2)25-22-24-13-21-19(16-9-18(12-23-11-16)31(3,29)30)10-20(27(21)26-22)15-5-7-17(28)8-6-15/h2*20-22,24-27,37H,3-19H2,1-2H3,(H,33,34);9-15,17,28H,4-8H2,1-3H3,(H,25,26)/t2*22-,24?,25?,26?,27?;14-,15?,17?/m000/s1. The largest absolute Gasteiger partial charge is 0.393 e. The highest BCUT2D eigenvalue weighted by molar-refractivity contribution is 7.90. The van der Waals surface area contributed by atoms with Crippen molar-refractivity contribution in [1.29, 1.82) is 0 Å². The molecule has 9 heterocycles. The number of aliphatic hydroxyl groups is 3. The molecule has 23 heteroatoms. The van der Waals surface area contributed by atoms with E-state index >= 15 is 0 Å². The molecule has 586 valence electrons. The van der Waals surface area contributed by atoms with Crippen molar-refractivity contribution in [3.63, 3.8) is 0 Å². The third-order valence-electron chi connectivity index (χ3n) is 24.8. The predicted molar refractivity (Wildman–Crippen MR) is 427 cm³/mol. The van der Waals surface area contributed by atoms with Gasteiger partial charge in [0.1, 0.15) is 0 Å². The lowest BCUT2D eigenvalue weighted by Crippen LogP contribution is -2.38. The topological polar surface area (TPSA) is 259 Å². The van der Waals surface area contributed by atoms with E-state index in [9.17, 15) is 23.7 Å². The molecule has 7 aliphatic rings. The molecule has 107 heavy (non-hydrogen) atoms. The fourth-order valence-electron chi connectivity index (χ4n) is 17.9. The number of aliphatic hydroxyl groups excluding tert-OH is 3. The summed E-state index contributed by atoms with van der Waals surface area (Å²) in [7, 11) is -3.37. The number of rotatable bonds is 26. The van der Waals surface area contributed by atoms with E-state index in [4.69, 9.17) is 34.7 Å². The molecular formula is C84H127N15O7S. The van der Waals surface area contributed by atoms with Gasteiger partial charge in [0.2, 0.25) is 17.8 Å². The van der Waals surface area contributed by atoms with Crippen molar-refractivity contribution in [2.24, 2.45) is 11.8 Å². The number of ether oxygens (including phenoxy) is 2. The summed E-state index contributed by atoms with van der Waals surface area (Å²) in [6, 6.07) is 9.58. The Balaban J connectivity index is 0.000000151. The highest BCUT2D eigenvalue weighted by Crippen LogP contribution is 2.47. The first-order chi connectivity index (χ1) is 51.8. The summed E-state index contributed by atoms with van der Waals surface area (Å²) in [5, 5.41) is 55.5. The minimum atomic E-state index is -3.37. The Labute approximate surface area is 637 Å². The van der Waals surface area contributed by atoms with Gasteiger partial charge in [-0.2, -0.15) is 0 Å². The summed E-state index contributed by atoms with van der Waals surface area (Å²) in [6.07, 6.45) is 40.7. The van der Waals surface area contributed by atoms with Crippen molar-refractivity contribution in [1.82, 2.24) is 58.6 Å². The van der Waals surface area contributed by atoms with Gasteiger partial charge >= 0.3 is 0 Å². The molecule has 3 atom stereocenters. The molecule has 0 unspecified atom stereocenters. The third-order valence-corrected chi connectivity index (χ3v) is 25.9. The number of aromatic nitrogens is 10. The second kappa shape index (κ2) is 37.8. The molecule has 7 fully saturated rings. The second-order valence-electron chi connectivity index (χ2n) is 32.7. The normalized spacial score (nSPS) is 25.4. The van der Waals surface area contributed by atoms with Crippen LogP contribution in [-0.2, 0) is 19.3 Å². The number of hydrogen-bond donors (Lipinski definition) is 6. The van der Waals surface area contributed by atoms with Crippen LogP contribution in [0.15, 0.2) is 84.7 Å². The second-order valence-corrected chi connectivity index (χ2v) is 34.7. The lowest BCUT2D eigenvalue weighted by Gasteiger charge is -2.37. The maximum absolute atomic E-state index is 12.0. The Kier molecular flexibility index (Phi) is 28.2. The number of allylic oxidation sites excluding steroid dienone is 2. The van der Waals surface area contributed by atoms with Crippen molar-refractivity contribution >= 4 is 44.2 Å². The first kappa shape index (κ1) is 79.8. The van der Waals surface area contributed by atoms with Gasteiger partial charge in [0, 0.05) is 120 Å². The molecule has 2 saturated heterocycles. The molecular weight excluding hydrogens is 1360 g/mol. The zero-order valence-corrected chi connectivity index (χ0v) is 66.3. The molecule has 0 bridgehead atoms. The van der Waals surface area contributed by atoms with E-state index in [0.717, 1.165) is 178 Å². The first-order valence-corrected chi connectivity index (χ1v) is 43.4. The minimum absolute atomic E-state index is 0.150. The quantitative estimate of drug-likeness (QED) is 0.0275. The summed E-state index contributed by atoms with van der Waals surface area (Å²) in [5.41, 5.74) is 13.9. The zero-order chi connectivity index (χ0) is 75.1. The average molecular weight is 1490 g/mol. The van der Waals surface area contributed by atoms with Crippen molar-refractivity contribution in [2.45, 2.75) is 299 Å². The SMILES string of the molecule is C=C(C1CCC(c2cc(C3CCC(O)CC3)n3nc(N[C@@H](C)CCCCC)ncc23)CC1)N1CCOCC1.C=C(C1CCC(c2cc(C3CCC(O)CC3)n3nc(N[C@@H](C)CCCCC)ncc23)CC1)N1CCOCC1.CC[C@H](C)Nc1ncc2c(-c3cncc(S(C)(=O)=O)c3)cc(C3CCC(O)CC3)n2n1. The highest BCUT2D eigenvalue weighted by atomic mass is 32.2. The lowest BCUT2D eigenvalue weighted by atomic mass is 9.77. The van der Waals surface area contributed by atoms with Crippen LogP contribution < -0.4 is 16.0 Å². The molecule has 5 aliphatic carbocycles. The van der Waals surface area contributed by atoms with Crippen LogP contribution in [0.25, 0.3) is 27.7 Å². The zero-order valence-electron chi connectivity index (χ0n) is 65.5. The van der Waals surface area contributed by atoms with Crippen LogP contribution in [0.5, 0.6) is 0 Å². The van der Waals surface area contributed by atoms with Crippen LogP contribution in [0.1, 0.15) is 286 Å². The van der Waals surface area contributed by atoms with E-state index in [2.05, 4.69) is 130 Å². The monoisotopic (exact) mass is 1490 g/mol. The van der Waals surface area contributed by atoms with Gasteiger partial charge in [-0.05, 0) is 228 Å². The molecule has 22 nitrogen and oxygen atoms in total. The summed E-state index contributed by atoms with van der Waals surface area (Å²) < 4.78 is 41.5. The van der Waals surface area contributed by atoms with Gasteiger partial charge in [0.05, 0.1) is 84.8 Å². The van der Waals surface area contributed by atoms with Crippen LogP contribution in [0, 0.1) is 11.8 Å². The number of fused-ring (bicyclic) bond motifs is 3. The lowest BCUT2D eigenvalue weighted by molar-refractivity contribution is 0.0468. The third kappa shape index (κ3) is 20.4. The van der Waals surface area contributed by atoms with Crippen molar-refractivity contribution in [3.05, 3.63) is 108 Å². The molecule has 2 aliphatic heterocycles. The molecule has 7 aromatic heterocycles. The van der Waals surface area contributed by atoms with Crippen LogP contribution in [0.2, 0.25) is 0 Å². The first-order valence-electron chi connectivity index (χ1n) is 41.5. The smallest absolute Gasteiger partial charge is 0.241 e. The van der Waals surface area contributed by atoms with E-state index < -0.39 is 9.84 Å². The molecule has 0 radical (unpaired) electrons. The minimum Gasteiger partial charge on any atom is -0.393 e. The summed E-state index contributed by atoms with van der Waals surface area (Å²) >= 11 is 0. The Morgan fingerprint density at radius 3 is 1.22 bits per heavy atom. The number of unbranched alkanes of at least 4 members (excludes halogenated alkanes) is 4. The van der Waals surface area contributed by atoms with Crippen molar-refractivity contribution in [3.8, 4) is 11.1 Å². The molecule has 7 aromatic rings. The Morgan fingerprint density at radius 2 is 0.841 bits per heavy atom. The molecule has 0 aromatic carbocycles. The van der Waals surface area contributed by atoms with Gasteiger partial charge in [-0.15, -0.1) is 15.3 Å². The Morgan fingerprint density at radius 1 is 0.477 bits per heavy atom. The number of anilines is 3. The number of hydrogen-bond acceptors (Lipinski definition) is 19. The number of morpholine rings is 2. The number of pyridine rings is 1. The van der Waals surface area contributed by atoms with Gasteiger partial charge in [0.15, 0.2) is 9.84 Å². The number of nitrogens with one attached hydrogen (secondary N) is 3. The van der Waals surface area contributed by atoms with E-state index in [1.165, 1.54) is 147 Å². The fourth-order valence-corrected chi connectivity index (χ4v) is 18.5. The number of sulfone groups is 1. The summed E-state index contributed by atoms with van der Waals surface area (Å²) in [6.45, 7) is 29.3.